The zero-order chi connectivity index (χ0) is 17.8. The fraction of sp³-hybridized carbons (Fsp3) is 0.316. The third-order valence-corrected chi connectivity index (χ3v) is 4.45. The first-order valence-corrected chi connectivity index (χ1v) is 8.34. The van der Waals surface area contributed by atoms with Gasteiger partial charge in [-0.25, -0.2) is 0 Å². The molecule has 2 heterocycles. The third kappa shape index (κ3) is 4.15. The van der Waals surface area contributed by atoms with Crippen LogP contribution in [-0.4, -0.2) is 28.8 Å². The van der Waals surface area contributed by atoms with Crippen molar-refractivity contribution in [3.8, 4) is 11.3 Å². The third-order valence-electron chi connectivity index (χ3n) is 4.45. The molecule has 1 aliphatic rings. The number of nitro groups is 1. The van der Waals surface area contributed by atoms with Crippen LogP contribution < -0.4 is 0 Å². The number of carbonyl (C=O) groups is 1. The maximum Gasteiger partial charge on any atom is 0.270 e. The second-order valence-electron chi connectivity index (χ2n) is 6.35. The number of furan rings is 1. The van der Waals surface area contributed by atoms with E-state index in [0.717, 1.165) is 25.9 Å². The predicted octanol–water partition coefficient (Wildman–Crippen LogP) is 4.13. The molecule has 6 nitrogen and oxygen atoms in total. The average Bonchev–Trinajstić information content (AvgIpc) is 3.09. The first-order chi connectivity index (χ1) is 12.0. The maximum absolute atomic E-state index is 12.2. The number of rotatable bonds is 4. The molecule has 0 spiro atoms. The summed E-state index contributed by atoms with van der Waals surface area (Å²) in [5, 5.41) is 10.9. The van der Waals surface area contributed by atoms with Crippen LogP contribution in [0.1, 0.15) is 25.5 Å². The van der Waals surface area contributed by atoms with E-state index >= 15 is 0 Å². The van der Waals surface area contributed by atoms with Gasteiger partial charge in [0.2, 0.25) is 5.91 Å². The highest BCUT2D eigenvalue weighted by molar-refractivity contribution is 5.91. The van der Waals surface area contributed by atoms with E-state index in [4.69, 9.17) is 4.42 Å². The summed E-state index contributed by atoms with van der Waals surface area (Å²) in [5.74, 6) is 1.73. The molecule has 0 saturated carbocycles. The van der Waals surface area contributed by atoms with Crippen LogP contribution in [0.2, 0.25) is 0 Å². The summed E-state index contributed by atoms with van der Waals surface area (Å²) in [6.45, 7) is 3.79. The molecule has 1 aliphatic heterocycles. The standard InChI is InChI=1S/C19H20N2O4/c1-14-9-11-20(12-10-14)19(22)8-6-17-5-7-18(25-17)15-3-2-4-16(13-15)21(23)24/h2-8,13-14H,9-12H2,1H3/b8-6+. The fourth-order valence-electron chi connectivity index (χ4n) is 2.86. The second kappa shape index (κ2) is 7.34. The van der Waals surface area contributed by atoms with Gasteiger partial charge in [-0.15, -0.1) is 0 Å². The Morgan fingerprint density at radius 3 is 2.76 bits per heavy atom. The van der Waals surface area contributed by atoms with Crippen molar-refractivity contribution < 1.29 is 14.1 Å². The first-order valence-electron chi connectivity index (χ1n) is 8.34. The Labute approximate surface area is 145 Å². The Bertz CT molecular complexity index is 801. The molecule has 0 N–H and O–H groups in total. The van der Waals surface area contributed by atoms with Crippen molar-refractivity contribution in [2.75, 3.05) is 13.1 Å². The van der Waals surface area contributed by atoms with Crippen molar-refractivity contribution in [2.45, 2.75) is 19.8 Å². The van der Waals surface area contributed by atoms with E-state index in [1.54, 1.807) is 30.3 Å². The number of nitrogens with zero attached hydrogens (tertiary/aromatic N) is 2. The average molecular weight is 340 g/mol. The van der Waals surface area contributed by atoms with Crippen molar-refractivity contribution >= 4 is 17.7 Å². The summed E-state index contributed by atoms with van der Waals surface area (Å²) in [5.41, 5.74) is 0.644. The number of non-ortho nitro benzene ring substituents is 1. The highest BCUT2D eigenvalue weighted by atomic mass is 16.6. The summed E-state index contributed by atoms with van der Waals surface area (Å²) in [6.07, 6.45) is 5.24. The zero-order valence-electron chi connectivity index (χ0n) is 14.1. The predicted molar refractivity (Wildman–Crippen MR) is 94.8 cm³/mol. The van der Waals surface area contributed by atoms with Crippen molar-refractivity contribution in [1.82, 2.24) is 4.90 Å². The van der Waals surface area contributed by atoms with Gasteiger partial charge in [0.05, 0.1) is 4.92 Å². The van der Waals surface area contributed by atoms with Crippen LogP contribution >= 0.6 is 0 Å². The number of piperidine rings is 1. The number of carbonyl (C=O) groups excluding carboxylic acids is 1. The van der Waals surface area contributed by atoms with Gasteiger partial charge >= 0.3 is 0 Å². The van der Waals surface area contributed by atoms with Gasteiger partial charge in [-0.05, 0) is 37.0 Å². The molecule has 0 atom stereocenters. The van der Waals surface area contributed by atoms with Gasteiger partial charge in [-0.3, -0.25) is 14.9 Å². The van der Waals surface area contributed by atoms with Crippen LogP contribution in [0.5, 0.6) is 0 Å². The molecule has 3 rings (SSSR count). The Morgan fingerprint density at radius 2 is 2.04 bits per heavy atom. The molecule has 25 heavy (non-hydrogen) atoms. The van der Waals surface area contributed by atoms with Crippen molar-refractivity contribution in [1.29, 1.82) is 0 Å². The highest BCUT2D eigenvalue weighted by Crippen LogP contribution is 2.26. The molecule has 130 valence electrons. The minimum absolute atomic E-state index is 0.0137. The SMILES string of the molecule is CC1CCN(C(=O)/C=C/c2ccc(-c3cccc([N+](=O)[O-])c3)o2)CC1. The maximum atomic E-state index is 12.2. The number of amides is 1. The van der Waals surface area contributed by atoms with Gasteiger partial charge < -0.3 is 9.32 Å². The van der Waals surface area contributed by atoms with Crippen LogP contribution in [-0.2, 0) is 4.79 Å². The monoisotopic (exact) mass is 340 g/mol. The van der Waals surface area contributed by atoms with Gasteiger partial charge in [-0.2, -0.15) is 0 Å². The molecule has 1 fully saturated rings. The Kier molecular flexibility index (Phi) is 4.97. The summed E-state index contributed by atoms with van der Waals surface area (Å²) < 4.78 is 5.68. The van der Waals surface area contributed by atoms with E-state index in [2.05, 4.69) is 6.92 Å². The smallest absolute Gasteiger partial charge is 0.270 e. The molecule has 1 aromatic carbocycles. The lowest BCUT2D eigenvalue weighted by Crippen LogP contribution is -2.36. The van der Waals surface area contributed by atoms with E-state index in [1.807, 2.05) is 4.90 Å². The number of likely N-dealkylation sites (tertiary alicyclic amines) is 1. The molecule has 0 aliphatic carbocycles. The molecule has 0 bridgehead atoms. The number of nitro benzene ring substituents is 1. The van der Waals surface area contributed by atoms with Crippen molar-refractivity contribution in [3.63, 3.8) is 0 Å². The van der Waals surface area contributed by atoms with E-state index in [1.165, 1.54) is 18.2 Å². The lowest BCUT2D eigenvalue weighted by atomic mass is 9.99. The molecule has 0 unspecified atom stereocenters. The number of hydrogen-bond acceptors (Lipinski definition) is 4. The van der Waals surface area contributed by atoms with E-state index in [9.17, 15) is 14.9 Å². The van der Waals surface area contributed by atoms with Gasteiger partial charge in [0.1, 0.15) is 11.5 Å². The van der Waals surface area contributed by atoms with Crippen LogP contribution in [0.3, 0.4) is 0 Å². The molecule has 0 radical (unpaired) electrons. The minimum Gasteiger partial charge on any atom is -0.457 e. The normalized spacial score (nSPS) is 15.6. The first kappa shape index (κ1) is 17.0. The molecular weight excluding hydrogens is 320 g/mol. The zero-order valence-corrected chi connectivity index (χ0v) is 14.1. The molecule has 1 aromatic heterocycles. The van der Waals surface area contributed by atoms with E-state index < -0.39 is 4.92 Å². The summed E-state index contributed by atoms with van der Waals surface area (Å²) in [4.78, 5) is 24.5. The lowest BCUT2D eigenvalue weighted by molar-refractivity contribution is -0.384. The van der Waals surface area contributed by atoms with Crippen molar-refractivity contribution in [2.24, 2.45) is 5.92 Å². The Balaban J connectivity index is 1.68. The molecular formula is C19H20N2O4. The summed E-state index contributed by atoms with van der Waals surface area (Å²) in [6, 6.07) is 9.76. The quantitative estimate of drug-likeness (QED) is 0.476. The van der Waals surface area contributed by atoms with Crippen LogP contribution in [0.25, 0.3) is 17.4 Å². The molecule has 1 saturated heterocycles. The molecule has 6 heteroatoms. The van der Waals surface area contributed by atoms with Gasteiger partial charge in [0.25, 0.3) is 5.69 Å². The fourth-order valence-corrected chi connectivity index (χ4v) is 2.86. The molecule has 1 amide bonds. The Morgan fingerprint density at radius 1 is 1.28 bits per heavy atom. The number of benzene rings is 1. The van der Waals surface area contributed by atoms with Crippen LogP contribution in [0.4, 0.5) is 5.69 Å². The summed E-state index contributed by atoms with van der Waals surface area (Å²) in [7, 11) is 0. The largest absolute Gasteiger partial charge is 0.457 e. The van der Waals surface area contributed by atoms with Crippen molar-refractivity contribution in [3.05, 3.63) is 58.3 Å². The molecule has 2 aromatic rings. The second-order valence-corrected chi connectivity index (χ2v) is 6.35. The van der Waals surface area contributed by atoms with E-state index in [0.29, 0.717) is 23.0 Å². The van der Waals surface area contributed by atoms with Gasteiger partial charge in [0.15, 0.2) is 0 Å². The summed E-state index contributed by atoms with van der Waals surface area (Å²) >= 11 is 0. The minimum atomic E-state index is -0.439. The van der Waals surface area contributed by atoms with Crippen LogP contribution in [0, 0.1) is 16.0 Å². The van der Waals surface area contributed by atoms with Crippen LogP contribution in [0.15, 0.2) is 46.9 Å². The van der Waals surface area contributed by atoms with Gasteiger partial charge in [-0.1, -0.05) is 19.1 Å². The van der Waals surface area contributed by atoms with E-state index in [-0.39, 0.29) is 11.6 Å². The van der Waals surface area contributed by atoms with Gasteiger partial charge in [0, 0.05) is 36.9 Å². The Hall–Kier alpha value is -2.89. The highest BCUT2D eigenvalue weighted by Gasteiger charge is 2.18. The number of hydrogen-bond donors (Lipinski definition) is 0. The lowest BCUT2D eigenvalue weighted by Gasteiger charge is -2.29. The topological polar surface area (TPSA) is 76.6 Å².